The van der Waals surface area contributed by atoms with Crippen molar-refractivity contribution in [3.05, 3.63) is 60.2 Å². The fourth-order valence-electron chi connectivity index (χ4n) is 2.45. The molecule has 3 aromatic rings. The van der Waals surface area contributed by atoms with Crippen LogP contribution >= 0.6 is 12.2 Å². The van der Waals surface area contributed by atoms with Gasteiger partial charge in [-0.2, -0.15) is 0 Å². The van der Waals surface area contributed by atoms with Crippen molar-refractivity contribution in [3.8, 4) is 0 Å². The molecule has 0 bridgehead atoms. The van der Waals surface area contributed by atoms with Crippen LogP contribution in [0.4, 0.5) is 0 Å². The summed E-state index contributed by atoms with van der Waals surface area (Å²) in [6, 6.07) is 18.9. The standard InChI is InChI=1S/C17H14OS/c18-9-8-17(19)15-7-3-6-14-10-12-4-1-2-5-13(12)11-16(14)15/h1-7,10-11,18H,8-9H2. The minimum Gasteiger partial charge on any atom is -0.396 e. The summed E-state index contributed by atoms with van der Waals surface area (Å²) in [5, 5.41) is 13.9. The van der Waals surface area contributed by atoms with E-state index < -0.39 is 0 Å². The molecule has 0 aliphatic carbocycles. The fourth-order valence-corrected chi connectivity index (χ4v) is 2.72. The molecule has 0 aliphatic rings. The normalized spacial score (nSPS) is 11.0. The fraction of sp³-hybridized carbons (Fsp3) is 0.118. The molecule has 1 N–H and O–H groups in total. The van der Waals surface area contributed by atoms with E-state index in [0.29, 0.717) is 6.42 Å². The van der Waals surface area contributed by atoms with Gasteiger partial charge in [0.05, 0.1) is 0 Å². The van der Waals surface area contributed by atoms with Crippen LogP contribution in [0.3, 0.4) is 0 Å². The first-order valence-electron chi connectivity index (χ1n) is 6.35. The maximum absolute atomic E-state index is 9.05. The lowest BCUT2D eigenvalue weighted by Gasteiger charge is -2.09. The molecular formula is C17H14OS. The third-order valence-corrected chi connectivity index (χ3v) is 3.81. The summed E-state index contributed by atoms with van der Waals surface area (Å²) in [6.07, 6.45) is 0.543. The van der Waals surface area contributed by atoms with E-state index in [4.69, 9.17) is 17.3 Å². The maximum Gasteiger partial charge on any atom is 0.0479 e. The molecule has 94 valence electrons. The Morgan fingerprint density at radius 3 is 2.32 bits per heavy atom. The lowest BCUT2D eigenvalue weighted by atomic mass is 9.97. The van der Waals surface area contributed by atoms with E-state index in [2.05, 4.69) is 36.4 Å². The Kier molecular flexibility index (Phi) is 3.28. The predicted octanol–water partition coefficient (Wildman–Crippen LogP) is 4.09. The number of aliphatic hydroxyl groups is 1. The highest BCUT2D eigenvalue weighted by atomic mass is 32.1. The zero-order chi connectivity index (χ0) is 13.2. The van der Waals surface area contributed by atoms with Crippen molar-refractivity contribution >= 4 is 38.6 Å². The zero-order valence-electron chi connectivity index (χ0n) is 10.5. The van der Waals surface area contributed by atoms with Crippen LogP contribution in [0.1, 0.15) is 12.0 Å². The van der Waals surface area contributed by atoms with Crippen molar-refractivity contribution in [3.63, 3.8) is 0 Å². The molecule has 0 spiro atoms. The van der Waals surface area contributed by atoms with Crippen LogP contribution in [0.5, 0.6) is 0 Å². The van der Waals surface area contributed by atoms with Crippen molar-refractivity contribution in [2.45, 2.75) is 6.42 Å². The second kappa shape index (κ2) is 5.08. The molecular weight excluding hydrogens is 252 g/mol. The van der Waals surface area contributed by atoms with Crippen LogP contribution in [0.25, 0.3) is 21.5 Å². The number of rotatable bonds is 3. The number of aliphatic hydroxyl groups excluding tert-OH is 1. The molecule has 19 heavy (non-hydrogen) atoms. The van der Waals surface area contributed by atoms with Gasteiger partial charge in [0.1, 0.15) is 0 Å². The minimum atomic E-state index is 0.100. The summed E-state index contributed by atoms with van der Waals surface area (Å²) in [6.45, 7) is 0.100. The number of hydrogen-bond acceptors (Lipinski definition) is 2. The van der Waals surface area contributed by atoms with Crippen molar-refractivity contribution < 1.29 is 5.11 Å². The van der Waals surface area contributed by atoms with E-state index in [9.17, 15) is 0 Å². The quantitative estimate of drug-likeness (QED) is 0.437. The Balaban J connectivity index is 2.29. The van der Waals surface area contributed by atoms with Crippen molar-refractivity contribution in [1.82, 2.24) is 0 Å². The average molecular weight is 266 g/mol. The van der Waals surface area contributed by atoms with Gasteiger partial charge >= 0.3 is 0 Å². The number of hydrogen-bond donors (Lipinski definition) is 1. The van der Waals surface area contributed by atoms with Gasteiger partial charge in [-0.1, -0.05) is 54.7 Å². The molecule has 0 atom stereocenters. The Bertz CT molecular complexity index is 761. The molecule has 2 heteroatoms. The van der Waals surface area contributed by atoms with Gasteiger partial charge in [-0.25, -0.2) is 0 Å². The SMILES string of the molecule is OCCC(=S)c1cccc2cc3ccccc3cc12. The van der Waals surface area contributed by atoms with Crippen LogP contribution in [-0.2, 0) is 0 Å². The van der Waals surface area contributed by atoms with Gasteiger partial charge in [0.2, 0.25) is 0 Å². The van der Waals surface area contributed by atoms with Gasteiger partial charge in [0.15, 0.2) is 0 Å². The third-order valence-electron chi connectivity index (χ3n) is 3.39. The lowest BCUT2D eigenvalue weighted by molar-refractivity contribution is 0.308. The van der Waals surface area contributed by atoms with Crippen LogP contribution in [-0.4, -0.2) is 16.6 Å². The molecule has 0 amide bonds. The first kappa shape index (κ1) is 12.3. The van der Waals surface area contributed by atoms with E-state index in [1.54, 1.807) is 0 Å². The van der Waals surface area contributed by atoms with Crippen LogP contribution in [0.15, 0.2) is 54.6 Å². The van der Waals surface area contributed by atoms with Gasteiger partial charge in [-0.15, -0.1) is 0 Å². The van der Waals surface area contributed by atoms with Crippen LogP contribution in [0.2, 0.25) is 0 Å². The van der Waals surface area contributed by atoms with Gasteiger partial charge < -0.3 is 5.11 Å². The molecule has 3 aromatic carbocycles. The van der Waals surface area contributed by atoms with Gasteiger partial charge in [0, 0.05) is 17.9 Å². The largest absolute Gasteiger partial charge is 0.396 e. The predicted molar refractivity (Wildman–Crippen MR) is 84.9 cm³/mol. The first-order chi connectivity index (χ1) is 9.29. The molecule has 0 saturated carbocycles. The van der Waals surface area contributed by atoms with Gasteiger partial charge in [-0.05, 0) is 39.2 Å². The average Bonchev–Trinajstić information content (AvgIpc) is 2.44. The van der Waals surface area contributed by atoms with E-state index in [1.807, 2.05) is 18.2 Å². The lowest BCUT2D eigenvalue weighted by Crippen LogP contribution is -2.01. The van der Waals surface area contributed by atoms with Gasteiger partial charge in [-0.3, -0.25) is 0 Å². The maximum atomic E-state index is 9.05. The zero-order valence-corrected chi connectivity index (χ0v) is 11.3. The molecule has 0 aromatic heterocycles. The van der Waals surface area contributed by atoms with Gasteiger partial charge in [0.25, 0.3) is 0 Å². The third kappa shape index (κ3) is 2.25. The van der Waals surface area contributed by atoms with E-state index in [1.165, 1.54) is 21.5 Å². The first-order valence-corrected chi connectivity index (χ1v) is 6.76. The van der Waals surface area contributed by atoms with E-state index in [-0.39, 0.29) is 6.61 Å². The van der Waals surface area contributed by atoms with E-state index in [0.717, 1.165) is 10.4 Å². The molecule has 0 saturated heterocycles. The Labute approximate surface area is 117 Å². The Morgan fingerprint density at radius 2 is 1.58 bits per heavy atom. The highest BCUT2D eigenvalue weighted by Gasteiger charge is 2.07. The monoisotopic (exact) mass is 266 g/mol. The minimum absolute atomic E-state index is 0.100. The summed E-state index contributed by atoms with van der Waals surface area (Å²) >= 11 is 5.41. The molecule has 0 radical (unpaired) electrons. The summed E-state index contributed by atoms with van der Waals surface area (Å²) in [5.74, 6) is 0. The van der Waals surface area contributed by atoms with Crippen LogP contribution in [0, 0.1) is 0 Å². The second-order valence-electron chi connectivity index (χ2n) is 4.62. The van der Waals surface area contributed by atoms with E-state index >= 15 is 0 Å². The highest BCUT2D eigenvalue weighted by Crippen LogP contribution is 2.26. The summed E-state index contributed by atoms with van der Waals surface area (Å²) in [7, 11) is 0. The second-order valence-corrected chi connectivity index (χ2v) is 5.12. The van der Waals surface area contributed by atoms with Crippen molar-refractivity contribution in [2.24, 2.45) is 0 Å². The summed E-state index contributed by atoms with van der Waals surface area (Å²) < 4.78 is 0. The smallest absolute Gasteiger partial charge is 0.0479 e. The molecule has 0 heterocycles. The Hall–Kier alpha value is -1.77. The number of fused-ring (bicyclic) bond motifs is 2. The molecule has 3 rings (SSSR count). The summed E-state index contributed by atoms with van der Waals surface area (Å²) in [4.78, 5) is 0.823. The van der Waals surface area contributed by atoms with Crippen molar-refractivity contribution in [2.75, 3.05) is 6.61 Å². The number of thiocarbonyl (C=S) groups is 1. The molecule has 1 nitrogen and oxygen atoms in total. The number of benzene rings is 3. The topological polar surface area (TPSA) is 20.2 Å². The highest BCUT2D eigenvalue weighted by molar-refractivity contribution is 7.80. The molecule has 0 aliphatic heterocycles. The summed E-state index contributed by atoms with van der Waals surface area (Å²) in [5.41, 5.74) is 1.06. The van der Waals surface area contributed by atoms with Crippen LogP contribution < -0.4 is 0 Å². The molecule has 0 unspecified atom stereocenters. The Morgan fingerprint density at radius 1 is 0.895 bits per heavy atom. The van der Waals surface area contributed by atoms with Crippen molar-refractivity contribution in [1.29, 1.82) is 0 Å². The molecule has 0 fully saturated rings.